The van der Waals surface area contributed by atoms with Crippen molar-refractivity contribution in [2.45, 2.75) is 70.9 Å². The van der Waals surface area contributed by atoms with Gasteiger partial charge in [0, 0.05) is 11.6 Å². The Morgan fingerprint density at radius 1 is 1.00 bits per heavy atom. The number of rotatable bonds is 0. The summed E-state index contributed by atoms with van der Waals surface area (Å²) in [7, 11) is 0. The monoisotopic (exact) mass is 221 g/mol. The molecule has 6 unspecified atom stereocenters. The Kier molecular flexibility index (Phi) is 2.58. The van der Waals surface area contributed by atoms with Crippen LogP contribution in [0.1, 0.15) is 59.3 Å². The molecule has 16 heavy (non-hydrogen) atoms. The maximum atomic E-state index is 3.99. The average molecular weight is 221 g/mol. The quantitative estimate of drug-likeness (QED) is 0.659. The zero-order valence-electron chi connectivity index (χ0n) is 11.1. The lowest BCUT2D eigenvalue weighted by atomic mass is 9.56. The minimum atomic E-state index is 0.532. The molecule has 1 nitrogen and oxygen atoms in total. The van der Waals surface area contributed by atoms with Crippen LogP contribution in [-0.2, 0) is 0 Å². The van der Waals surface area contributed by atoms with E-state index in [2.05, 4.69) is 26.1 Å². The van der Waals surface area contributed by atoms with E-state index in [1.54, 1.807) is 0 Å². The zero-order chi connectivity index (χ0) is 11.3. The topological polar surface area (TPSA) is 12.0 Å². The molecule has 1 saturated heterocycles. The van der Waals surface area contributed by atoms with E-state index < -0.39 is 0 Å². The summed E-state index contributed by atoms with van der Waals surface area (Å²) in [4.78, 5) is 0. The van der Waals surface area contributed by atoms with Crippen LogP contribution in [0, 0.1) is 23.7 Å². The number of fused-ring (bicyclic) bond motifs is 3. The van der Waals surface area contributed by atoms with Crippen LogP contribution in [0.15, 0.2) is 0 Å². The summed E-state index contributed by atoms with van der Waals surface area (Å²) in [5, 5.41) is 3.99. The van der Waals surface area contributed by atoms with Crippen LogP contribution in [0.25, 0.3) is 0 Å². The first-order valence-corrected chi connectivity index (χ1v) is 7.38. The lowest BCUT2D eigenvalue weighted by Crippen LogP contribution is -2.58. The molecule has 92 valence electrons. The molecule has 2 bridgehead atoms. The van der Waals surface area contributed by atoms with E-state index in [0.29, 0.717) is 5.54 Å². The molecule has 2 saturated carbocycles. The van der Waals surface area contributed by atoms with Gasteiger partial charge in [0.15, 0.2) is 0 Å². The van der Waals surface area contributed by atoms with Crippen molar-refractivity contribution in [2.24, 2.45) is 23.7 Å². The fourth-order valence-corrected chi connectivity index (χ4v) is 5.24. The number of hydrogen-bond donors (Lipinski definition) is 1. The third-order valence-corrected chi connectivity index (χ3v) is 5.84. The SMILES string of the molecule is CC1CC2CC(C)C3(CCC(C)N3)C(C1)C2. The molecule has 3 fully saturated rings. The van der Waals surface area contributed by atoms with Gasteiger partial charge in [0.1, 0.15) is 0 Å². The lowest BCUT2D eigenvalue weighted by Gasteiger charge is -2.53. The van der Waals surface area contributed by atoms with Gasteiger partial charge in [-0.25, -0.2) is 0 Å². The van der Waals surface area contributed by atoms with Gasteiger partial charge < -0.3 is 5.32 Å². The Morgan fingerprint density at radius 3 is 2.50 bits per heavy atom. The molecule has 0 radical (unpaired) electrons. The molecule has 0 aromatic heterocycles. The molecular weight excluding hydrogens is 194 g/mol. The van der Waals surface area contributed by atoms with Gasteiger partial charge in [0.25, 0.3) is 0 Å². The van der Waals surface area contributed by atoms with Crippen LogP contribution < -0.4 is 5.32 Å². The van der Waals surface area contributed by atoms with E-state index in [1.165, 1.54) is 38.5 Å². The van der Waals surface area contributed by atoms with Crippen LogP contribution in [0.5, 0.6) is 0 Å². The second kappa shape index (κ2) is 3.73. The molecule has 2 aliphatic carbocycles. The maximum Gasteiger partial charge on any atom is 0.0238 e. The smallest absolute Gasteiger partial charge is 0.0238 e. The van der Waals surface area contributed by atoms with Gasteiger partial charge in [-0.3, -0.25) is 0 Å². The second-order valence-corrected chi connectivity index (χ2v) is 7.14. The standard InChI is InChI=1S/C15H27N/c1-10-6-13-8-11(2)15(14(7-10)9-13)5-4-12(3)16-15/h10-14,16H,4-9H2,1-3H3. The van der Waals surface area contributed by atoms with Crippen LogP contribution in [0.3, 0.4) is 0 Å². The molecule has 0 amide bonds. The average Bonchev–Trinajstić information content (AvgIpc) is 2.59. The molecule has 0 aromatic carbocycles. The highest BCUT2D eigenvalue weighted by atomic mass is 15.1. The van der Waals surface area contributed by atoms with Gasteiger partial charge >= 0.3 is 0 Å². The fraction of sp³-hybridized carbons (Fsp3) is 1.00. The Bertz CT molecular complexity index is 271. The van der Waals surface area contributed by atoms with Crippen molar-refractivity contribution in [3.63, 3.8) is 0 Å². The lowest BCUT2D eigenvalue weighted by molar-refractivity contribution is 0.00777. The molecular formula is C15H27N. The summed E-state index contributed by atoms with van der Waals surface area (Å²) in [5.41, 5.74) is 0.532. The number of hydrogen-bond acceptors (Lipinski definition) is 1. The summed E-state index contributed by atoms with van der Waals surface area (Å²) >= 11 is 0. The first-order valence-electron chi connectivity index (χ1n) is 7.38. The highest BCUT2D eigenvalue weighted by Gasteiger charge is 2.52. The van der Waals surface area contributed by atoms with Crippen LogP contribution >= 0.6 is 0 Å². The molecule has 1 N–H and O–H groups in total. The molecule has 6 atom stereocenters. The van der Waals surface area contributed by atoms with Crippen LogP contribution in [0.2, 0.25) is 0 Å². The summed E-state index contributed by atoms with van der Waals surface area (Å²) in [6.07, 6.45) is 8.85. The van der Waals surface area contributed by atoms with Gasteiger partial charge in [0.05, 0.1) is 0 Å². The van der Waals surface area contributed by atoms with Gasteiger partial charge in [-0.2, -0.15) is 0 Å². The largest absolute Gasteiger partial charge is 0.308 e. The van der Waals surface area contributed by atoms with Gasteiger partial charge in [-0.05, 0) is 69.1 Å². The summed E-state index contributed by atoms with van der Waals surface area (Å²) in [5.74, 6) is 3.92. The molecule has 3 rings (SSSR count). The normalized spacial score (nSPS) is 56.8. The third kappa shape index (κ3) is 1.54. The minimum absolute atomic E-state index is 0.532. The Morgan fingerprint density at radius 2 is 1.81 bits per heavy atom. The van der Waals surface area contributed by atoms with Gasteiger partial charge in [0.2, 0.25) is 0 Å². The summed E-state index contributed by atoms with van der Waals surface area (Å²) in [6.45, 7) is 7.36. The number of nitrogens with one attached hydrogen (secondary N) is 1. The van der Waals surface area contributed by atoms with E-state index >= 15 is 0 Å². The molecule has 0 aromatic rings. The van der Waals surface area contributed by atoms with E-state index in [-0.39, 0.29) is 0 Å². The van der Waals surface area contributed by atoms with E-state index in [0.717, 1.165) is 29.7 Å². The van der Waals surface area contributed by atoms with Gasteiger partial charge in [-0.1, -0.05) is 13.8 Å². The van der Waals surface area contributed by atoms with Crippen LogP contribution in [-0.4, -0.2) is 11.6 Å². The molecule has 1 heteroatoms. The van der Waals surface area contributed by atoms with E-state index in [1.807, 2.05) is 0 Å². The van der Waals surface area contributed by atoms with Crippen molar-refractivity contribution in [1.29, 1.82) is 0 Å². The molecule has 1 aliphatic heterocycles. The predicted octanol–water partition coefficient (Wildman–Crippen LogP) is 3.59. The molecule has 1 heterocycles. The summed E-state index contributed by atoms with van der Waals surface area (Å²) < 4.78 is 0. The Hall–Kier alpha value is -0.0400. The van der Waals surface area contributed by atoms with Crippen molar-refractivity contribution in [1.82, 2.24) is 5.32 Å². The summed E-state index contributed by atoms with van der Waals surface area (Å²) in [6, 6.07) is 0.760. The van der Waals surface area contributed by atoms with Crippen molar-refractivity contribution in [3.8, 4) is 0 Å². The molecule has 3 aliphatic rings. The Labute approximate surface area is 100 Å². The highest BCUT2D eigenvalue weighted by Crippen LogP contribution is 2.53. The third-order valence-electron chi connectivity index (χ3n) is 5.84. The molecule has 1 spiro atoms. The van der Waals surface area contributed by atoms with Crippen molar-refractivity contribution >= 4 is 0 Å². The van der Waals surface area contributed by atoms with Crippen LogP contribution in [0.4, 0.5) is 0 Å². The van der Waals surface area contributed by atoms with Crippen molar-refractivity contribution in [3.05, 3.63) is 0 Å². The van der Waals surface area contributed by atoms with Crippen molar-refractivity contribution in [2.75, 3.05) is 0 Å². The minimum Gasteiger partial charge on any atom is -0.308 e. The van der Waals surface area contributed by atoms with E-state index in [9.17, 15) is 0 Å². The second-order valence-electron chi connectivity index (χ2n) is 7.14. The maximum absolute atomic E-state index is 3.99. The van der Waals surface area contributed by atoms with E-state index in [4.69, 9.17) is 0 Å². The van der Waals surface area contributed by atoms with Gasteiger partial charge in [-0.15, -0.1) is 0 Å². The predicted molar refractivity (Wildman–Crippen MR) is 68.3 cm³/mol. The highest BCUT2D eigenvalue weighted by molar-refractivity contribution is 5.09. The fourth-order valence-electron chi connectivity index (χ4n) is 5.24. The first-order chi connectivity index (χ1) is 7.60. The van der Waals surface area contributed by atoms with Crippen molar-refractivity contribution < 1.29 is 0 Å². The Balaban J connectivity index is 1.86. The zero-order valence-corrected chi connectivity index (χ0v) is 11.1. The first kappa shape index (κ1) is 11.1.